The Labute approximate surface area is 234 Å². The predicted molar refractivity (Wildman–Crippen MR) is 154 cm³/mol. The first kappa shape index (κ1) is 24.8. The van der Waals surface area contributed by atoms with Crippen molar-refractivity contribution >= 4 is 11.9 Å². The van der Waals surface area contributed by atoms with Crippen LogP contribution in [-0.2, 0) is 9.47 Å². The second-order valence-corrected chi connectivity index (χ2v) is 11.0. The Bertz CT molecular complexity index is 1490. The second-order valence-electron chi connectivity index (χ2n) is 11.0. The molecule has 2 fully saturated rings. The summed E-state index contributed by atoms with van der Waals surface area (Å²) < 4.78 is 11.8. The fraction of sp³-hybridized carbons (Fsp3) is 0.257. The van der Waals surface area contributed by atoms with Gasteiger partial charge in [0.25, 0.3) is 0 Å². The Morgan fingerprint density at radius 2 is 1.25 bits per heavy atom. The zero-order valence-electron chi connectivity index (χ0n) is 22.2. The molecule has 4 aromatic rings. The molecule has 2 atom stereocenters. The highest BCUT2D eigenvalue weighted by Gasteiger charge is 2.45. The molecular formula is C35H31NO4. The summed E-state index contributed by atoms with van der Waals surface area (Å²) in [5, 5.41) is 0. The maximum Gasteiger partial charge on any atom is 0.410 e. The number of carbonyl (C=O) groups is 2. The van der Waals surface area contributed by atoms with Crippen LogP contribution in [-0.4, -0.2) is 48.7 Å². The van der Waals surface area contributed by atoms with Crippen molar-refractivity contribution in [1.29, 1.82) is 0 Å². The van der Waals surface area contributed by atoms with Crippen LogP contribution in [0.4, 0.5) is 4.79 Å². The molecule has 2 unspecified atom stereocenters. The third-order valence-electron chi connectivity index (χ3n) is 8.71. The lowest BCUT2D eigenvalue weighted by molar-refractivity contribution is -0.0747. The minimum Gasteiger partial charge on any atom is -0.448 e. The van der Waals surface area contributed by atoms with Crippen molar-refractivity contribution in [2.75, 3.05) is 19.8 Å². The first-order chi connectivity index (χ1) is 19.7. The van der Waals surface area contributed by atoms with Crippen molar-refractivity contribution in [2.45, 2.75) is 30.8 Å². The lowest BCUT2D eigenvalue weighted by atomic mass is 9.80. The Kier molecular flexibility index (Phi) is 6.45. The van der Waals surface area contributed by atoms with Crippen LogP contribution in [0.2, 0.25) is 0 Å². The van der Waals surface area contributed by atoms with Gasteiger partial charge in [0.1, 0.15) is 6.61 Å². The molecule has 1 aliphatic carbocycles. The van der Waals surface area contributed by atoms with Crippen molar-refractivity contribution in [2.24, 2.45) is 5.92 Å². The molecule has 2 heterocycles. The molecule has 200 valence electrons. The number of piperidine rings is 1. The third-order valence-corrected chi connectivity index (χ3v) is 8.71. The average Bonchev–Trinajstić information content (AvgIpc) is 3.33. The normalized spacial score (nSPS) is 21.4. The standard InChI is InChI=1S/C35H31NO4/c37-34(25-16-14-24(15-17-25)23-8-2-1-3-9-23)26-18-27-20-39-21-28(19-26)36(27)35(38)40-22-33-31-12-6-4-10-29(31)30-11-5-7-13-32(30)33/h1-17,26-28,33H,18-22H2. The highest BCUT2D eigenvalue weighted by atomic mass is 16.6. The SMILES string of the molecule is O=C(c1ccc(-c2ccccc2)cc1)C1CC2COCC(C1)N2C(=O)OCC1c2ccccc2-c2ccccc21. The average molecular weight is 530 g/mol. The molecule has 3 aliphatic rings. The molecule has 5 heteroatoms. The van der Waals surface area contributed by atoms with Crippen LogP contribution < -0.4 is 0 Å². The van der Waals surface area contributed by atoms with Gasteiger partial charge in [-0.2, -0.15) is 0 Å². The number of benzene rings is 4. The monoisotopic (exact) mass is 529 g/mol. The zero-order chi connectivity index (χ0) is 27.1. The molecule has 40 heavy (non-hydrogen) atoms. The smallest absolute Gasteiger partial charge is 0.410 e. The number of ketones is 1. The summed E-state index contributed by atoms with van der Waals surface area (Å²) in [7, 11) is 0. The van der Waals surface area contributed by atoms with E-state index in [9.17, 15) is 9.59 Å². The molecule has 0 N–H and O–H groups in total. The lowest BCUT2D eigenvalue weighted by Gasteiger charge is -2.47. The van der Waals surface area contributed by atoms with Crippen LogP contribution in [0.15, 0.2) is 103 Å². The van der Waals surface area contributed by atoms with Gasteiger partial charge in [0.2, 0.25) is 0 Å². The van der Waals surface area contributed by atoms with Gasteiger partial charge in [-0.05, 0) is 46.2 Å². The molecule has 1 amide bonds. The fourth-order valence-electron chi connectivity index (χ4n) is 6.79. The summed E-state index contributed by atoms with van der Waals surface area (Å²) in [5.74, 6) is 0.0215. The number of morpholine rings is 1. The van der Waals surface area contributed by atoms with Crippen LogP contribution in [0.1, 0.15) is 40.2 Å². The minimum atomic E-state index is -0.307. The first-order valence-corrected chi connectivity index (χ1v) is 14.1. The summed E-state index contributed by atoms with van der Waals surface area (Å²) in [5.41, 5.74) is 7.75. The van der Waals surface area contributed by atoms with Gasteiger partial charge in [0, 0.05) is 17.4 Å². The minimum absolute atomic E-state index is 0.0189. The maximum absolute atomic E-state index is 13.5. The molecule has 2 bridgehead atoms. The van der Waals surface area contributed by atoms with E-state index >= 15 is 0 Å². The summed E-state index contributed by atoms with van der Waals surface area (Å²) in [6.45, 7) is 1.15. The molecule has 5 nitrogen and oxygen atoms in total. The second kappa shape index (κ2) is 10.4. The maximum atomic E-state index is 13.5. The van der Waals surface area contributed by atoms with E-state index in [0.717, 1.165) is 16.7 Å². The molecule has 4 aromatic carbocycles. The van der Waals surface area contributed by atoms with Gasteiger partial charge in [0.15, 0.2) is 5.78 Å². The molecule has 0 aromatic heterocycles. The van der Waals surface area contributed by atoms with E-state index < -0.39 is 0 Å². The molecule has 0 radical (unpaired) electrons. The van der Waals surface area contributed by atoms with E-state index in [0.29, 0.717) is 32.7 Å². The topological polar surface area (TPSA) is 55.8 Å². The number of rotatable bonds is 5. The van der Waals surface area contributed by atoms with Crippen LogP contribution >= 0.6 is 0 Å². The van der Waals surface area contributed by atoms with Gasteiger partial charge in [-0.25, -0.2) is 4.79 Å². The highest BCUT2D eigenvalue weighted by Crippen LogP contribution is 2.45. The Balaban J connectivity index is 1.03. The van der Waals surface area contributed by atoms with Crippen LogP contribution in [0, 0.1) is 5.92 Å². The van der Waals surface area contributed by atoms with Crippen molar-refractivity contribution in [3.63, 3.8) is 0 Å². The third kappa shape index (κ3) is 4.40. The number of ether oxygens (including phenoxy) is 2. The Hall–Kier alpha value is -4.22. The van der Waals surface area contributed by atoms with Gasteiger partial charge in [-0.15, -0.1) is 0 Å². The molecule has 2 aliphatic heterocycles. The summed E-state index contributed by atoms with van der Waals surface area (Å²) in [6, 6.07) is 34.4. The van der Waals surface area contributed by atoms with Crippen molar-refractivity contribution < 1.29 is 19.1 Å². The van der Waals surface area contributed by atoms with E-state index in [1.165, 1.54) is 22.3 Å². The van der Waals surface area contributed by atoms with Crippen LogP contribution in [0.25, 0.3) is 22.3 Å². The number of hydrogen-bond donors (Lipinski definition) is 0. The van der Waals surface area contributed by atoms with E-state index in [1.54, 1.807) is 0 Å². The number of fused-ring (bicyclic) bond motifs is 5. The van der Waals surface area contributed by atoms with E-state index in [1.807, 2.05) is 71.6 Å². The zero-order valence-corrected chi connectivity index (χ0v) is 22.2. The van der Waals surface area contributed by atoms with Crippen molar-refractivity contribution in [1.82, 2.24) is 4.90 Å². The number of Topliss-reactive ketones (excluding diaryl/α,β-unsaturated/α-hetero) is 1. The van der Waals surface area contributed by atoms with Crippen LogP contribution in [0.5, 0.6) is 0 Å². The molecule has 0 spiro atoms. The Morgan fingerprint density at radius 3 is 1.88 bits per heavy atom. The molecule has 0 saturated carbocycles. The van der Waals surface area contributed by atoms with E-state index in [-0.39, 0.29) is 35.8 Å². The number of nitrogens with zero attached hydrogens (tertiary/aromatic N) is 1. The largest absolute Gasteiger partial charge is 0.448 e. The summed E-state index contributed by atoms with van der Waals surface area (Å²) >= 11 is 0. The quantitative estimate of drug-likeness (QED) is 0.262. The van der Waals surface area contributed by atoms with Crippen molar-refractivity contribution in [3.8, 4) is 22.3 Å². The highest BCUT2D eigenvalue weighted by molar-refractivity contribution is 5.98. The predicted octanol–water partition coefficient (Wildman–Crippen LogP) is 6.96. The van der Waals surface area contributed by atoms with E-state index in [2.05, 4.69) is 36.4 Å². The fourth-order valence-corrected chi connectivity index (χ4v) is 6.79. The number of amides is 1. The van der Waals surface area contributed by atoms with Gasteiger partial charge in [-0.3, -0.25) is 9.69 Å². The number of hydrogen-bond acceptors (Lipinski definition) is 4. The van der Waals surface area contributed by atoms with Gasteiger partial charge in [-0.1, -0.05) is 103 Å². The molecule has 7 rings (SSSR count). The first-order valence-electron chi connectivity index (χ1n) is 14.1. The summed E-state index contributed by atoms with van der Waals surface area (Å²) in [6.07, 6.45) is 0.859. The summed E-state index contributed by atoms with van der Waals surface area (Å²) in [4.78, 5) is 28.8. The van der Waals surface area contributed by atoms with Crippen LogP contribution in [0.3, 0.4) is 0 Å². The van der Waals surface area contributed by atoms with Gasteiger partial charge < -0.3 is 9.47 Å². The van der Waals surface area contributed by atoms with Gasteiger partial charge in [0.05, 0.1) is 25.3 Å². The van der Waals surface area contributed by atoms with Crippen molar-refractivity contribution in [3.05, 3.63) is 120 Å². The molecule has 2 saturated heterocycles. The number of carbonyl (C=O) groups excluding carboxylic acids is 2. The lowest BCUT2D eigenvalue weighted by Crippen LogP contribution is -2.60. The van der Waals surface area contributed by atoms with Gasteiger partial charge >= 0.3 is 6.09 Å². The Morgan fingerprint density at radius 1 is 0.700 bits per heavy atom. The van der Waals surface area contributed by atoms with E-state index in [4.69, 9.17) is 9.47 Å². The molecular weight excluding hydrogens is 498 g/mol.